The Labute approximate surface area is 66.0 Å². The number of imidazole rings is 1. The van der Waals surface area contributed by atoms with E-state index in [9.17, 15) is 4.79 Å². The highest BCUT2D eigenvalue weighted by atomic mass is 79.9. The topological polar surface area (TPSA) is 74.7 Å². The summed E-state index contributed by atoms with van der Waals surface area (Å²) in [6.07, 6.45) is 0. The molecule has 5 heteroatoms. The van der Waals surface area contributed by atoms with Crippen LogP contribution >= 0.6 is 15.9 Å². The summed E-state index contributed by atoms with van der Waals surface area (Å²) in [6.45, 7) is 1.80. The zero-order valence-corrected chi connectivity index (χ0v) is 7.03. The molecule has 0 aliphatic rings. The van der Waals surface area contributed by atoms with E-state index in [-0.39, 0.29) is 11.7 Å². The predicted molar refractivity (Wildman–Crippen MR) is 41.7 cm³/mol. The molecular weight excluding hydrogens is 198 g/mol. The molecule has 0 aliphatic carbocycles. The Hall–Kier alpha value is -0.550. The van der Waals surface area contributed by atoms with Crippen LogP contribution in [0.4, 0.5) is 0 Å². The molecule has 1 heterocycles. The van der Waals surface area contributed by atoms with Gasteiger partial charge in [0.25, 0.3) is 0 Å². The molecule has 4 nitrogen and oxygen atoms in total. The lowest BCUT2D eigenvalue weighted by atomic mass is 10.3. The zero-order valence-electron chi connectivity index (χ0n) is 5.44. The molecule has 0 bridgehead atoms. The molecule has 0 fully saturated rings. The van der Waals surface area contributed by atoms with Gasteiger partial charge in [-0.1, -0.05) is 0 Å². The van der Waals surface area contributed by atoms with Gasteiger partial charge in [-0.05, 0) is 22.9 Å². The summed E-state index contributed by atoms with van der Waals surface area (Å²) in [7, 11) is 0. The third-order valence-electron chi connectivity index (χ3n) is 1.16. The molecule has 0 saturated carbocycles. The molecule has 0 aromatic carbocycles. The smallest absolute Gasteiger partial charge is 0.323 e. The van der Waals surface area contributed by atoms with Crippen molar-refractivity contribution in [1.82, 2.24) is 9.97 Å². The van der Waals surface area contributed by atoms with Gasteiger partial charge in [0.2, 0.25) is 0 Å². The Morgan fingerprint density at radius 2 is 2.20 bits per heavy atom. The number of halogens is 1. The highest BCUT2D eigenvalue weighted by Gasteiger charge is 2.06. The first kappa shape index (κ1) is 7.56. The Balaban J connectivity index is 3.15. The van der Waals surface area contributed by atoms with Crippen molar-refractivity contribution in [2.45, 2.75) is 13.0 Å². The fourth-order valence-corrected chi connectivity index (χ4v) is 1.33. The Kier molecular flexibility index (Phi) is 1.96. The average Bonchev–Trinajstić information content (AvgIpc) is 2.10. The fourth-order valence-electron chi connectivity index (χ4n) is 0.689. The SMILES string of the molecule is CC(N)c1[nH]c(=O)[nH]c1Br. The number of nitrogens with two attached hydrogens (primary N) is 1. The van der Waals surface area contributed by atoms with Crippen LogP contribution in [0.1, 0.15) is 18.7 Å². The number of H-pyrrole nitrogens is 2. The summed E-state index contributed by atoms with van der Waals surface area (Å²) in [4.78, 5) is 15.7. The number of aromatic amines is 2. The first-order valence-electron chi connectivity index (χ1n) is 2.84. The molecule has 4 N–H and O–H groups in total. The molecular formula is C5H8BrN3O. The van der Waals surface area contributed by atoms with Crippen LogP contribution in [0.25, 0.3) is 0 Å². The van der Waals surface area contributed by atoms with E-state index in [2.05, 4.69) is 25.9 Å². The average molecular weight is 206 g/mol. The molecule has 0 spiro atoms. The van der Waals surface area contributed by atoms with Crippen molar-refractivity contribution in [3.63, 3.8) is 0 Å². The summed E-state index contributed by atoms with van der Waals surface area (Å²) in [5.74, 6) is 0. The van der Waals surface area contributed by atoms with Crippen molar-refractivity contribution in [1.29, 1.82) is 0 Å². The molecule has 0 amide bonds. The second kappa shape index (κ2) is 2.59. The zero-order chi connectivity index (χ0) is 7.72. The van der Waals surface area contributed by atoms with Gasteiger partial charge in [0.1, 0.15) is 4.60 Å². The van der Waals surface area contributed by atoms with Crippen LogP contribution in [0.3, 0.4) is 0 Å². The van der Waals surface area contributed by atoms with E-state index in [1.807, 2.05) is 0 Å². The van der Waals surface area contributed by atoms with Crippen molar-refractivity contribution in [3.8, 4) is 0 Å². The van der Waals surface area contributed by atoms with Crippen molar-refractivity contribution in [3.05, 3.63) is 20.8 Å². The molecule has 10 heavy (non-hydrogen) atoms. The lowest BCUT2D eigenvalue weighted by molar-refractivity contribution is 0.781. The predicted octanol–water partition coefficient (Wildman–Crippen LogP) is 0.485. The van der Waals surface area contributed by atoms with Gasteiger partial charge in [-0.3, -0.25) is 0 Å². The van der Waals surface area contributed by atoms with Gasteiger partial charge in [-0.2, -0.15) is 0 Å². The fraction of sp³-hybridized carbons (Fsp3) is 0.400. The molecule has 1 aromatic heterocycles. The maximum Gasteiger partial charge on any atom is 0.324 e. The van der Waals surface area contributed by atoms with Gasteiger partial charge < -0.3 is 15.7 Å². The van der Waals surface area contributed by atoms with E-state index in [0.29, 0.717) is 10.3 Å². The summed E-state index contributed by atoms with van der Waals surface area (Å²) >= 11 is 3.15. The van der Waals surface area contributed by atoms with Crippen LogP contribution in [0.15, 0.2) is 9.40 Å². The van der Waals surface area contributed by atoms with Crippen LogP contribution in [-0.4, -0.2) is 9.97 Å². The van der Waals surface area contributed by atoms with Gasteiger partial charge in [-0.25, -0.2) is 4.79 Å². The maximum atomic E-state index is 10.6. The molecule has 1 rings (SSSR count). The van der Waals surface area contributed by atoms with Gasteiger partial charge in [0, 0.05) is 6.04 Å². The van der Waals surface area contributed by atoms with Crippen molar-refractivity contribution >= 4 is 15.9 Å². The maximum absolute atomic E-state index is 10.6. The lowest BCUT2D eigenvalue weighted by Crippen LogP contribution is -2.08. The van der Waals surface area contributed by atoms with Crippen molar-refractivity contribution < 1.29 is 0 Å². The molecule has 56 valence electrons. The van der Waals surface area contributed by atoms with Gasteiger partial charge >= 0.3 is 5.69 Å². The second-order valence-corrected chi connectivity index (χ2v) is 2.89. The molecule has 0 radical (unpaired) electrons. The monoisotopic (exact) mass is 205 g/mol. The standard InChI is InChI=1S/C5H8BrN3O/c1-2(7)3-4(6)9-5(10)8-3/h2H,7H2,1H3,(H2,8,9,10). The normalized spacial score (nSPS) is 13.5. The van der Waals surface area contributed by atoms with Crippen molar-refractivity contribution in [2.24, 2.45) is 5.73 Å². The van der Waals surface area contributed by atoms with Crippen LogP contribution in [0.5, 0.6) is 0 Å². The number of rotatable bonds is 1. The van der Waals surface area contributed by atoms with Gasteiger partial charge in [0.15, 0.2) is 0 Å². The van der Waals surface area contributed by atoms with E-state index >= 15 is 0 Å². The van der Waals surface area contributed by atoms with E-state index in [4.69, 9.17) is 5.73 Å². The minimum atomic E-state index is -0.237. The van der Waals surface area contributed by atoms with E-state index < -0.39 is 0 Å². The van der Waals surface area contributed by atoms with E-state index in [1.54, 1.807) is 6.92 Å². The van der Waals surface area contributed by atoms with Gasteiger partial charge in [-0.15, -0.1) is 0 Å². The quantitative estimate of drug-likeness (QED) is 0.625. The minimum absolute atomic E-state index is 0.159. The summed E-state index contributed by atoms with van der Waals surface area (Å²) in [5, 5.41) is 0. The molecule has 1 unspecified atom stereocenters. The minimum Gasteiger partial charge on any atom is -0.323 e. The Morgan fingerprint density at radius 3 is 2.40 bits per heavy atom. The molecule has 0 saturated heterocycles. The van der Waals surface area contributed by atoms with Crippen LogP contribution in [0, 0.1) is 0 Å². The highest BCUT2D eigenvalue weighted by Crippen LogP contribution is 2.14. The molecule has 1 aromatic rings. The van der Waals surface area contributed by atoms with E-state index in [1.165, 1.54) is 0 Å². The first-order chi connectivity index (χ1) is 4.61. The summed E-state index contributed by atoms with van der Waals surface area (Å²) in [6, 6.07) is -0.159. The first-order valence-corrected chi connectivity index (χ1v) is 3.64. The summed E-state index contributed by atoms with van der Waals surface area (Å²) in [5.41, 5.74) is 5.97. The highest BCUT2D eigenvalue weighted by molar-refractivity contribution is 9.10. The molecule has 1 atom stereocenters. The number of nitrogens with one attached hydrogen (secondary N) is 2. The third kappa shape index (κ3) is 1.30. The van der Waals surface area contributed by atoms with Crippen LogP contribution in [0.2, 0.25) is 0 Å². The lowest BCUT2D eigenvalue weighted by Gasteiger charge is -1.99. The Bertz CT molecular complexity index is 275. The van der Waals surface area contributed by atoms with Gasteiger partial charge in [0.05, 0.1) is 5.69 Å². The summed E-state index contributed by atoms with van der Waals surface area (Å²) < 4.78 is 0.632. The number of hydrogen-bond donors (Lipinski definition) is 3. The van der Waals surface area contributed by atoms with Crippen LogP contribution in [-0.2, 0) is 0 Å². The number of aromatic nitrogens is 2. The number of hydrogen-bond acceptors (Lipinski definition) is 2. The van der Waals surface area contributed by atoms with Crippen LogP contribution < -0.4 is 11.4 Å². The molecule has 0 aliphatic heterocycles. The Morgan fingerprint density at radius 1 is 1.60 bits per heavy atom. The second-order valence-electron chi connectivity index (χ2n) is 2.10. The largest absolute Gasteiger partial charge is 0.324 e. The van der Waals surface area contributed by atoms with E-state index in [0.717, 1.165) is 0 Å². The van der Waals surface area contributed by atoms with Crippen molar-refractivity contribution in [2.75, 3.05) is 0 Å². The third-order valence-corrected chi connectivity index (χ3v) is 1.79.